The van der Waals surface area contributed by atoms with E-state index in [0.29, 0.717) is 6.04 Å². The van der Waals surface area contributed by atoms with Crippen LogP contribution in [0.4, 0.5) is 5.82 Å². The van der Waals surface area contributed by atoms with E-state index in [1.807, 2.05) is 0 Å². The predicted molar refractivity (Wildman–Crippen MR) is 62.2 cm³/mol. The van der Waals surface area contributed by atoms with Crippen molar-refractivity contribution in [3.8, 4) is 0 Å². The maximum Gasteiger partial charge on any atom is 0.135 e. The minimum Gasteiger partial charge on any atom is -0.355 e. The van der Waals surface area contributed by atoms with Crippen LogP contribution in [0.25, 0.3) is 0 Å². The van der Waals surface area contributed by atoms with E-state index in [1.165, 1.54) is 5.56 Å². The van der Waals surface area contributed by atoms with E-state index in [0.717, 1.165) is 50.5 Å². The van der Waals surface area contributed by atoms with Crippen LogP contribution in [0.5, 0.6) is 0 Å². The highest BCUT2D eigenvalue weighted by molar-refractivity contribution is 5.50. The number of hydrogen-bond donors (Lipinski definition) is 2. The smallest absolute Gasteiger partial charge is 0.135 e. The maximum absolute atomic E-state index is 5.94. The highest BCUT2D eigenvalue weighted by Crippen LogP contribution is 2.25. The molecule has 1 fully saturated rings. The third kappa shape index (κ3) is 1.66. The highest BCUT2D eigenvalue weighted by atomic mass is 15.2. The van der Waals surface area contributed by atoms with Crippen LogP contribution in [-0.4, -0.2) is 35.6 Å². The molecule has 1 aromatic heterocycles. The predicted octanol–water partition coefficient (Wildman–Crippen LogP) is -0.340. The lowest BCUT2D eigenvalue weighted by Gasteiger charge is -2.24. The fraction of sp³-hybridized carbons (Fsp3) is 0.636. The Hall–Kier alpha value is -1.20. The normalized spacial score (nSPS) is 24.6. The molecule has 2 aliphatic heterocycles. The summed E-state index contributed by atoms with van der Waals surface area (Å²) in [6.07, 6.45) is 3.76. The zero-order chi connectivity index (χ0) is 11.0. The van der Waals surface area contributed by atoms with E-state index in [2.05, 4.69) is 20.2 Å². The van der Waals surface area contributed by atoms with Crippen molar-refractivity contribution >= 4 is 5.82 Å². The van der Waals surface area contributed by atoms with Crippen molar-refractivity contribution in [2.24, 2.45) is 5.73 Å². The van der Waals surface area contributed by atoms with E-state index >= 15 is 0 Å². The van der Waals surface area contributed by atoms with E-state index in [1.54, 1.807) is 6.33 Å². The fourth-order valence-electron chi connectivity index (χ4n) is 2.52. The first-order chi connectivity index (χ1) is 7.84. The van der Waals surface area contributed by atoms with E-state index in [-0.39, 0.29) is 0 Å². The van der Waals surface area contributed by atoms with Gasteiger partial charge in [0.2, 0.25) is 0 Å². The van der Waals surface area contributed by atoms with Gasteiger partial charge < -0.3 is 16.0 Å². The number of nitrogens with one attached hydrogen (secondary N) is 1. The lowest BCUT2D eigenvalue weighted by molar-refractivity contribution is 0.620. The van der Waals surface area contributed by atoms with Gasteiger partial charge in [-0.15, -0.1) is 0 Å². The number of hydrogen-bond acceptors (Lipinski definition) is 5. The van der Waals surface area contributed by atoms with Crippen LogP contribution in [0, 0.1) is 0 Å². The largest absolute Gasteiger partial charge is 0.355 e. The van der Waals surface area contributed by atoms with Gasteiger partial charge in [0.15, 0.2) is 0 Å². The number of fused-ring (bicyclic) bond motifs is 1. The van der Waals surface area contributed by atoms with Crippen LogP contribution in [-0.2, 0) is 13.0 Å². The van der Waals surface area contributed by atoms with E-state index < -0.39 is 0 Å². The van der Waals surface area contributed by atoms with Crippen LogP contribution in [0.15, 0.2) is 6.33 Å². The van der Waals surface area contributed by atoms with Gasteiger partial charge in [0, 0.05) is 31.2 Å². The number of anilines is 1. The Labute approximate surface area is 95.1 Å². The summed E-state index contributed by atoms with van der Waals surface area (Å²) < 4.78 is 0. The molecule has 0 unspecified atom stereocenters. The molecule has 1 atom stereocenters. The van der Waals surface area contributed by atoms with Crippen LogP contribution >= 0.6 is 0 Å². The van der Waals surface area contributed by atoms with Gasteiger partial charge in [0.05, 0.1) is 5.69 Å². The van der Waals surface area contributed by atoms with Gasteiger partial charge in [0.1, 0.15) is 12.1 Å². The molecule has 86 valence electrons. The molecular weight excluding hydrogens is 202 g/mol. The van der Waals surface area contributed by atoms with Crippen LogP contribution in [0.2, 0.25) is 0 Å². The molecular formula is C11H17N5. The molecule has 3 rings (SSSR count). The molecule has 5 nitrogen and oxygen atoms in total. The SMILES string of the molecule is N[C@@H]1CCN(c2ncnc3c2CCNC3)C1. The summed E-state index contributed by atoms with van der Waals surface area (Å²) in [4.78, 5) is 11.1. The molecule has 1 saturated heterocycles. The number of nitrogens with two attached hydrogens (primary N) is 1. The third-order valence-electron chi connectivity index (χ3n) is 3.38. The fourth-order valence-corrected chi connectivity index (χ4v) is 2.52. The quantitative estimate of drug-likeness (QED) is 0.676. The molecule has 0 aliphatic carbocycles. The number of rotatable bonds is 1. The molecule has 0 radical (unpaired) electrons. The van der Waals surface area contributed by atoms with Crippen LogP contribution < -0.4 is 16.0 Å². The number of aromatic nitrogens is 2. The van der Waals surface area contributed by atoms with Gasteiger partial charge in [-0.1, -0.05) is 0 Å². The number of nitrogens with zero attached hydrogens (tertiary/aromatic N) is 3. The van der Waals surface area contributed by atoms with Crippen molar-refractivity contribution in [2.45, 2.75) is 25.4 Å². The molecule has 0 aromatic carbocycles. The minimum absolute atomic E-state index is 0.298. The summed E-state index contributed by atoms with van der Waals surface area (Å²) in [6.45, 7) is 3.84. The Kier molecular flexibility index (Phi) is 2.49. The Balaban J connectivity index is 1.94. The van der Waals surface area contributed by atoms with Crippen molar-refractivity contribution in [1.82, 2.24) is 15.3 Å². The van der Waals surface area contributed by atoms with Crippen molar-refractivity contribution < 1.29 is 0 Å². The Morgan fingerprint density at radius 1 is 1.44 bits per heavy atom. The second kappa shape index (κ2) is 3.99. The van der Waals surface area contributed by atoms with Gasteiger partial charge in [-0.05, 0) is 19.4 Å². The molecule has 16 heavy (non-hydrogen) atoms. The molecule has 2 aliphatic rings. The standard InChI is InChI=1S/C11H17N5/c12-8-2-4-16(6-8)11-9-1-3-13-5-10(9)14-7-15-11/h7-8,13H,1-6,12H2/t8-/m1/s1. The van der Waals surface area contributed by atoms with Crippen molar-refractivity contribution in [3.05, 3.63) is 17.6 Å². The first kappa shape index (κ1) is 9.99. The zero-order valence-electron chi connectivity index (χ0n) is 9.32. The molecule has 0 saturated carbocycles. The molecule has 5 heteroatoms. The van der Waals surface area contributed by atoms with E-state index in [4.69, 9.17) is 5.73 Å². The summed E-state index contributed by atoms with van der Waals surface area (Å²) in [7, 11) is 0. The first-order valence-corrected chi connectivity index (χ1v) is 5.88. The molecule has 0 amide bonds. The Morgan fingerprint density at radius 2 is 2.38 bits per heavy atom. The average molecular weight is 219 g/mol. The molecule has 3 N–H and O–H groups in total. The second-order valence-corrected chi connectivity index (χ2v) is 4.54. The van der Waals surface area contributed by atoms with Crippen molar-refractivity contribution in [1.29, 1.82) is 0 Å². The van der Waals surface area contributed by atoms with Gasteiger partial charge >= 0.3 is 0 Å². The van der Waals surface area contributed by atoms with Crippen LogP contribution in [0.1, 0.15) is 17.7 Å². The van der Waals surface area contributed by atoms with Crippen molar-refractivity contribution in [3.63, 3.8) is 0 Å². The van der Waals surface area contributed by atoms with Crippen molar-refractivity contribution in [2.75, 3.05) is 24.5 Å². The summed E-state index contributed by atoms with van der Waals surface area (Å²) in [5.41, 5.74) is 8.41. The van der Waals surface area contributed by atoms with Gasteiger partial charge in [-0.3, -0.25) is 0 Å². The highest BCUT2D eigenvalue weighted by Gasteiger charge is 2.24. The molecule has 0 spiro atoms. The van der Waals surface area contributed by atoms with Gasteiger partial charge in [-0.2, -0.15) is 0 Å². The first-order valence-electron chi connectivity index (χ1n) is 5.88. The average Bonchev–Trinajstić information content (AvgIpc) is 2.75. The van der Waals surface area contributed by atoms with E-state index in [9.17, 15) is 0 Å². The van der Waals surface area contributed by atoms with Gasteiger partial charge in [-0.25, -0.2) is 9.97 Å². The summed E-state index contributed by atoms with van der Waals surface area (Å²) in [5.74, 6) is 1.11. The van der Waals surface area contributed by atoms with Gasteiger partial charge in [0.25, 0.3) is 0 Å². The molecule has 3 heterocycles. The summed E-state index contributed by atoms with van der Waals surface area (Å²) in [6, 6.07) is 0.298. The maximum atomic E-state index is 5.94. The summed E-state index contributed by atoms with van der Waals surface area (Å²) >= 11 is 0. The lowest BCUT2D eigenvalue weighted by Crippen LogP contribution is -2.31. The topological polar surface area (TPSA) is 67.1 Å². The minimum atomic E-state index is 0.298. The third-order valence-corrected chi connectivity index (χ3v) is 3.38. The molecule has 0 bridgehead atoms. The van der Waals surface area contributed by atoms with Crippen LogP contribution in [0.3, 0.4) is 0 Å². The zero-order valence-corrected chi connectivity index (χ0v) is 9.32. The monoisotopic (exact) mass is 219 g/mol. The lowest BCUT2D eigenvalue weighted by atomic mass is 10.1. The Bertz CT molecular complexity index is 392. The Morgan fingerprint density at radius 3 is 3.19 bits per heavy atom. The molecule has 1 aromatic rings. The summed E-state index contributed by atoms with van der Waals surface area (Å²) in [5, 5.41) is 3.33. The second-order valence-electron chi connectivity index (χ2n) is 4.54.